The number of fused-ring (bicyclic) bond motifs is 2. The zero-order valence-corrected chi connectivity index (χ0v) is 24.3. The van der Waals surface area contributed by atoms with E-state index in [9.17, 15) is 22.8 Å². The highest BCUT2D eigenvalue weighted by Gasteiger charge is 2.38. The Labute approximate surface area is 247 Å². The number of amides is 2. The smallest absolute Gasteiger partial charge is 0.471 e. The second-order valence-electron chi connectivity index (χ2n) is 9.98. The van der Waals surface area contributed by atoms with Crippen LogP contribution in [0.5, 0.6) is 11.5 Å². The summed E-state index contributed by atoms with van der Waals surface area (Å²) in [5.74, 6) is -0.406. The highest BCUT2D eigenvalue weighted by Crippen LogP contribution is 2.30. The number of alkyl halides is 3. The number of thiophene rings is 1. The molecule has 224 valence electrons. The summed E-state index contributed by atoms with van der Waals surface area (Å²) in [7, 11) is 0. The van der Waals surface area contributed by atoms with Crippen LogP contribution in [0.15, 0.2) is 60.0 Å². The van der Waals surface area contributed by atoms with E-state index in [1.807, 2.05) is 53.8 Å². The summed E-state index contributed by atoms with van der Waals surface area (Å²) in [4.78, 5) is 23.0. The molecular weight excluding hydrogens is 565 g/mol. The number of benzene rings is 3. The van der Waals surface area contributed by atoms with Gasteiger partial charge in [-0.25, -0.2) is 0 Å². The third kappa shape index (κ3) is 8.85. The van der Waals surface area contributed by atoms with Gasteiger partial charge in [-0.05, 0) is 82.3 Å². The first kappa shape index (κ1) is 31.2. The van der Waals surface area contributed by atoms with E-state index in [1.165, 1.54) is 10.3 Å². The molecule has 4 aromatic rings. The van der Waals surface area contributed by atoms with Crippen molar-refractivity contribution in [2.45, 2.75) is 51.6 Å². The number of hydrogen-bond acceptors (Lipinski definition) is 5. The molecule has 1 heterocycles. The molecule has 0 bridgehead atoms. The van der Waals surface area contributed by atoms with Gasteiger partial charge in [0.15, 0.2) is 0 Å². The van der Waals surface area contributed by atoms with Crippen LogP contribution in [-0.4, -0.2) is 44.3 Å². The topological polar surface area (TPSA) is 76.7 Å². The summed E-state index contributed by atoms with van der Waals surface area (Å²) in [5, 5.41) is 9.99. The van der Waals surface area contributed by atoms with Crippen LogP contribution in [0.4, 0.5) is 13.2 Å². The van der Waals surface area contributed by atoms with Crippen LogP contribution in [0, 0.1) is 0 Å². The van der Waals surface area contributed by atoms with E-state index in [0.717, 1.165) is 46.7 Å². The molecule has 4 rings (SSSR count). The molecule has 1 aromatic heterocycles. The van der Waals surface area contributed by atoms with Gasteiger partial charge in [0.05, 0.1) is 13.2 Å². The summed E-state index contributed by atoms with van der Waals surface area (Å²) in [6.07, 6.45) is -0.728. The fourth-order valence-electron chi connectivity index (χ4n) is 4.58. The van der Waals surface area contributed by atoms with Crippen molar-refractivity contribution >= 4 is 44.0 Å². The summed E-state index contributed by atoms with van der Waals surface area (Å²) in [5.41, 5.74) is 2.02. The maximum absolute atomic E-state index is 12.5. The Kier molecular flexibility index (Phi) is 11.1. The normalized spacial score (nSPS) is 11.5. The summed E-state index contributed by atoms with van der Waals surface area (Å²) in [6.45, 7) is 3.46. The van der Waals surface area contributed by atoms with Gasteiger partial charge in [-0.1, -0.05) is 37.6 Å². The number of carbonyl (C=O) groups excluding carboxylic acids is 2. The van der Waals surface area contributed by atoms with Gasteiger partial charge < -0.3 is 20.1 Å². The molecular formula is C32H35F3N2O4S. The molecule has 2 N–H and O–H groups in total. The van der Waals surface area contributed by atoms with E-state index in [4.69, 9.17) is 9.47 Å². The molecule has 0 unspecified atom stereocenters. The predicted molar refractivity (Wildman–Crippen MR) is 160 cm³/mol. The van der Waals surface area contributed by atoms with Crippen LogP contribution in [0.1, 0.15) is 43.7 Å². The van der Waals surface area contributed by atoms with Gasteiger partial charge >= 0.3 is 12.1 Å². The number of hydrogen-bond donors (Lipinski definition) is 2. The van der Waals surface area contributed by atoms with Gasteiger partial charge in [0.2, 0.25) is 5.91 Å². The van der Waals surface area contributed by atoms with Crippen molar-refractivity contribution in [1.29, 1.82) is 0 Å². The number of nitrogens with one attached hydrogen (secondary N) is 2. The minimum atomic E-state index is -4.89. The predicted octanol–water partition coefficient (Wildman–Crippen LogP) is 6.97. The molecule has 0 saturated heterocycles. The number of rotatable bonds is 15. The average Bonchev–Trinajstić information content (AvgIpc) is 3.37. The third-order valence-corrected chi connectivity index (χ3v) is 7.82. The Hall–Kier alpha value is -3.79. The second-order valence-corrected chi connectivity index (χ2v) is 10.9. The van der Waals surface area contributed by atoms with Crippen molar-refractivity contribution < 1.29 is 32.2 Å². The quantitative estimate of drug-likeness (QED) is 0.145. The average molecular weight is 601 g/mol. The Morgan fingerprint density at radius 1 is 0.833 bits per heavy atom. The zero-order chi connectivity index (χ0) is 30.0. The first-order valence-electron chi connectivity index (χ1n) is 14.1. The second kappa shape index (κ2) is 14.9. The number of ether oxygens (including phenoxy) is 2. The molecule has 3 aromatic carbocycles. The fourth-order valence-corrected chi connectivity index (χ4v) is 5.56. The number of halogens is 3. The molecule has 0 atom stereocenters. The van der Waals surface area contributed by atoms with Crippen LogP contribution >= 0.6 is 11.3 Å². The first-order chi connectivity index (χ1) is 20.2. The molecule has 0 aliphatic carbocycles. The summed E-state index contributed by atoms with van der Waals surface area (Å²) in [6, 6.07) is 17.3. The molecule has 0 aliphatic heterocycles. The van der Waals surface area contributed by atoms with E-state index in [2.05, 4.69) is 23.7 Å². The molecule has 0 fully saturated rings. The van der Waals surface area contributed by atoms with Gasteiger partial charge in [0.25, 0.3) is 0 Å². The highest BCUT2D eigenvalue weighted by atomic mass is 32.1. The molecule has 42 heavy (non-hydrogen) atoms. The Bertz CT molecular complexity index is 1500. The lowest BCUT2D eigenvalue weighted by atomic mass is 10.0. The van der Waals surface area contributed by atoms with Crippen molar-refractivity contribution in [2.75, 3.05) is 26.3 Å². The van der Waals surface area contributed by atoms with E-state index < -0.39 is 12.1 Å². The van der Waals surface area contributed by atoms with Crippen LogP contribution in [0.25, 0.3) is 20.9 Å². The maximum Gasteiger partial charge on any atom is 0.471 e. The van der Waals surface area contributed by atoms with E-state index in [1.54, 1.807) is 11.3 Å². The van der Waals surface area contributed by atoms with Gasteiger partial charge in [-0.3, -0.25) is 9.59 Å². The monoisotopic (exact) mass is 600 g/mol. The van der Waals surface area contributed by atoms with Gasteiger partial charge in [-0.2, -0.15) is 13.2 Å². The Morgan fingerprint density at radius 2 is 1.52 bits per heavy atom. The van der Waals surface area contributed by atoms with Crippen LogP contribution in [0.3, 0.4) is 0 Å². The maximum atomic E-state index is 12.5. The highest BCUT2D eigenvalue weighted by molar-refractivity contribution is 7.17. The summed E-state index contributed by atoms with van der Waals surface area (Å²) < 4.78 is 50.5. The Morgan fingerprint density at radius 3 is 2.26 bits per heavy atom. The van der Waals surface area contributed by atoms with Gasteiger partial charge in [-0.15, -0.1) is 11.3 Å². The van der Waals surface area contributed by atoms with Gasteiger partial charge in [0, 0.05) is 30.6 Å². The largest absolute Gasteiger partial charge is 0.493 e. The van der Waals surface area contributed by atoms with E-state index >= 15 is 0 Å². The lowest BCUT2D eigenvalue weighted by molar-refractivity contribution is -0.173. The number of carbonyl (C=O) groups is 2. The van der Waals surface area contributed by atoms with Gasteiger partial charge in [0.1, 0.15) is 11.5 Å². The zero-order valence-electron chi connectivity index (χ0n) is 23.5. The van der Waals surface area contributed by atoms with Crippen molar-refractivity contribution in [1.82, 2.24) is 10.6 Å². The lowest BCUT2D eigenvalue weighted by Gasteiger charge is -2.12. The van der Waals surface area contributed by atoms with E-state index in [0.29, 0.717) is 38.3 Å². The minimum Gasteiger partial charge on any atom is -0.493 e. The van der Waals surface area contributed by atoms with E-state index in [-0.39, 0.29) is 18.9 Å². The molecule has 6 nitrogen and oxygen atoms in total. The minimum absolute atomic E-state index is 0.0987. The molecule has 0 saturated carbocycles. The third-order valence-electron chi connectivity index (χ3n) is 6.81. The van der Waals surface area contributed by atoms with Crippen LogP contribution < -0.4 is 20.1 Å². The Balaban J connectivity index is 1.25. The molecule has 0 aliphatic rings. The first-order valence-corrected chi connectivity index (χ1v) is 15.0. The molecule has 0 spiro atoms. The van der Waals surface area contributed by atoms with Crippen molar-refractivity contribution in [2.24, 2.45) is 0 Å². The van der Waals surface area contributed by atoms with Crippen LogP contribution in [-0.2, 0) is 22.4 Å². The van der Waals surface area contributed by atoms with Crippen LogP contribution in [0.2, 0.25) is 0 Å². The number of unbranched alkanes of at least 4 members (excludes halogenated alkanes) is 1. The molecule has 10 heteroatoms. The SMILES string of the molecule is CCCCC(=O)NCCc1csc2ccc(OCCCOc3ccc4cccc(CCNC(=O)C(F)(F)F)c4c3)cc12. The fraction of sp³-hybridized carbons (Fsp3) is 0.375. The molecule has 2 amide bonds. The molecule has 0 radical (unpaired) electrons. The van der Waals surface area contributed by atoms with Crippen molar-refractivity contribution in [3.05, 3.63) is 71.1 Å². The standard InChI is InChI=1S/C32H35F3N2O4S/c1-2-3-8-30(38)36-15-14-24-21-42-29-12-11-26(20-28(24)29)41-18-5-17-40-25-10-9-22-6-4-7-23(27(22)19-25)13-16-37-31(39)32(33,34)35/h4,6-7,9-12,19-21H,2-3,5,8,13-18H2,1H3,(H,36,38)(H,37,39). The van der Waals surface area contributed by atoms with Crippen molar-refractivity contribution in [3.63, 3.8) is 0 Å². The lowest BCUT2D eigenvalue weighted by Crippen LogP contribution is -2.37. The summed E-state index contributed by atoms with van der Waals surface area (Å²) >= 11 is 1.68. The van der Waals surface area contributed by atoms with Crippen molar-refractivity contribution in [3.8, 4) is 11.5 Å².